The SMILES string of the molecule is OCC1CN=C(Cc2ccc3ncnc(Nc4ccc(COc5cccc(F)c5)c(Cl)c4)c3c2)O1. The van der Waals surface area contributed by atoms with E-state index in [1.54, 1.807) is 18.2 Å². The summed E-state index contributed by atoms with van der Waals surface area (Å²) in [5.41, 5.74) is 3.31. The van der Waals surface area contributed by atoms with Gasteiger partial charge in [-0.15, -0.1) is 0 Å². The lowest BCUT2D eigenvalue weighted by molar-refractivity contribution is 0.127. The van der Waals surface area contributed by atoms with E-state index in [0.717, 1.165) is 27.7 Å². The fraction of sp³-hybridized carbons (Fsp3) is 0.192. The molecule has 2 heterocycles. The van der Waals surface area contributed by atoms with Gasteiger partial charge in [0.25, 0.3) is 0 Å². The second-order valence-corrected chi connectivity index (χ2v) is 8.49. The molecule has 1 unspecified atom stereocenters. The zero-order valence-corrected chi connectivity index (χ0v) is 19.4. The Morgan fingerprint density at radius 2 is 2.03 bits per heavy atom. The molecule has 3 aromatic carbocycles. The predicted molar refractivity (Wildman–Crippen MR) is 133 cm³/mol. The van der Waals surface area contributed by atoms with E-state index in [1.807, 2.05) is 30.3 Å². The third-order valence-corrected chi connectivity index (χ3v) is 5.89. The average molecular weight is 493 g/mol. The fourth-order valence-corrected chi connectivity index (χ4v) is 3.98. The Balaban J connectivity index is 1.31. The van der Waals surface area contributed by atoms with E-state index in [0.29, 0.717) is 35.5 Å². The maximum atomic E-state index is 13.4. The number of anilines is 2. The highest BCUT2D eigenvalue weighted by Crippen LogP contribution is 2.28. The van der Waals surface area contributed by atoms with Crippen molar-refractivity contribution in [1.29, 1.82) is 0 Å². The molecule has 35 heavy (non-hydrogen) atoms. The van der Waals surface area contributed by atoms with Crippen LogP contribution in [0.3, 0.4) is 0 Å². The van der Waals surface area contributed by atoms with E-state index < -0.39 is 0 Å². The van der Waals surface area contributed by atoms with Gasteiger partial charge < -0.3 is 19.9 Å². The molecule has 0 radical (unpaired) electrons. The van der Waals surface area contributed by atoms with Crippen LogP contribution in [0, 0.1) is 5.82 Å². The second-order valence-electron chi connectivity index (χ2n) is 8.08. The van der Waals surface area contributed by atoms with Gasteiger partial charge in [-0.2, -0.15) is 0 Å². The summed E-state index contributed by atoms with van der Waals surface area (Å²) in [6, 6.07) is 17.4. The van der Waals surface area contributed by atoms with Crippen LogP contribution in [0.5, 0.6) is 5.75 Å². The number of nitrogens with one attached hydrogen (secondary N) is 1. The first-order valence-corrected chi connectivity index (χ1v) is 11.4. The number of nitrogens with zero attached hydrogens (tertiary/aromatic N) is 3. The summed E-state index contributed by atoms with van der Waals surface area (Å²) in [5.74, 6) is 1.33. The first-order chi connectivity index (χ1) is 17.1. The van der Waals surface area contributed by atoms with Crippen LogP contribution in [0.4, 0.5) is 15.9 Å². The number of hydrogen-bond donors (Lipinski definition) is 2. The first kappa shape index (κ1) is 23.0. The van der Waals surface area contributed by atoms with Crippen molar-refractivity contribution in [2.24, 2.45) is 4.99 Å². The number of aliphatic hydroxyl groups is 1. The molecule has 1 aliphatic rings. The van der Waals surface area contributed by atoms with Gasteiger partial charge in [-0.25, -0.2) is 14.4 Å². The molecule has 0 saturated carbocycles. The van der Waals surface area contributed by atoms with Crippen molar-refractivity contribution < 1.29 is 19.0 Å². The van der Waals surface area contributed by atoms with Gasteiger partial charge in [0.1, 0.15) is 36.4 Å². The number of hydrogen-bond acceptors (Lipinski definition) is 7. The van der Waals surface area contributed by atoms with Crippen molar-refractivity contribution in [3.05, 3.63) is 89.0 Å². The molecule has 2 N–H and O–H groups in total. The van der Waals surface area contributed by atoms with Gasteiger partial charge in [-0.3, -0.25) is 4.99 Å². The van der Waals surface area contributed by atoms with E-state index >= 15 is 0 Å². The second kappa shape index (κ2) is 10.2. The van der Waals surface area contributed by atoms with Crippen molar-refractivity contribution in [3.8, 4) is 5.75 Å². The molecule has 0 aliphatic carbocycles. The molecular weight excluding hydrogens is 471 g/mol. The number of aliphatic hydroxyl groups excluding tert-OH is 1. The molecule has 1 aromatic heterocycles. The Kier molecular flexibility index (Phi) is 6.74. The van der Waals surface area contributed by atoms with Gasteiger partial charge in [0, 0.05) is 34.1 Å². The van der Waals surface area contributed by atoms with E-state index in [-0.39, 0.29) is 25.1 Å². The number of benzene rings is 3. The van der Waals surface area contributed by atoms with Crippen molar-refractivity contribution in [2.75, 3.05) is 18.5 Å². The molecule has 5 rings (SSSR count). The Labute approximate surface area is 206 Å². The minimum Gasteiger partial charge on any atom is -0.489 e. The summed E-state index contributed by atoms with van der Waals surface area (Å²) >= 11 is 6.48. The van der Waals surface area contributed by atoms with Crippen LogP contribution in [0.15, 0.2) is 72.0 Å². The normalized spacial score (nSPS) is 15.1. The number of rotatable bonds is 8. The van der Waals surface area contributed by atoms with E-state index in [9.17, 15) is 9.50 Å². The Morgan fingerprint density at radius 3 is 2.83 bits per heavy atom. The summed E-state index contributed by atoms with van der Waals surface area (Å²) in [7, 11) is 0. The maximum absolute atomic E-state index is 13.4. The minimum atomic E-state index is -0.355. The molecule has 1 atom stereocenters. The largest absolute Gasteiger partial charge is 0.489 e. The Bertz CT molecular complexity index is 1400. The summed E-state index contributed by atoms with van der Waals surface area (Å²) in [6.07, 6.45) is 1.76. The highest BCUT2D eigenvalue weighted by atomic mass is 35.5. The summed E-state index contributed by atoms with van der Waals surface area (Å²) in [5, 5.41) is 13.9. The summed E-state index contributed by atoms with van der Waals surface area (Å²) in [4.78, 5) is 13.1. The maximum Gasteiger partial charge on any atom is 0.188 e. The zero-order valence-electron chi connectivity index (χ0n) is 18.6. The number of ether oxygens (including phenoxy) is 2. The number of aromatic nitrogens is 2. The van der Waals surface area contributed by atoms with Crippen LogP contribution in [0.2, 0.25) is 5.02 Å². The van der Waals surface area contributed by atoms with Crippen LogP contribution >= 0.6 is 11.6 Å². The molecule has 9 heteroatoms. The standard InChI is InChI=1S/C26H22ClFN4O3/c27-23-11-19(6-5-17(23)14-34-20-3-1-2-18(28)10-20)32-26-22-8-16(4-7-24(22)30-15-31-26)9-25-29-12-21(13-33)35-25/h1-8,10-11,15,21,33H,9,12-14H2,(H,30,31,32). The van der Waals surface area contributed by atoms with E-state index in [1.165, 1.54) is 18.5 Å². The van der Waals surface area contributed by atoms with Crippen LogP contribution in [0.25, 0.3) is 10.9 Å². The van der Waals surface area contributed by atoms with Gasteiger partial charge in [0.15, 0.2) is 5.90 Å². The van der Waals surface area contributed by atoms with E-state index in [2.05, 4.69) is 20.3 Å². The number of fused-ring (bicyclic) bond motifs is 1. The quantitative estimate of drug-likeness (QED) is 0.357. The van der Waals surface area contributed by atoms with Crippen LogP contribution < -0.4 is 10.1 Å². The van der Waals surface area contributed by atoms with Gasteiger partial charge in [-0.05, 0) is 42.0 Å². The van der Waals surface area contributed by atoms with Crippen LogP contribution in [-0.2, 0) is 17.8 Å². The molecule has 178 valence electrons. The molecule has 4 aromatic rings. The Hall–Kier alpha value is -3.75. The summed E-state index contributed by atoms with van der Waals surface area (Å²) < 4.78 is 24.6. The van der Waals surface area contributed by atoms with Crippen molar-refractivity contribution in [1.82, 2.24) is 9.97 Å². The van der Waals surface area contributed by atoms with Crippen molar-refractivity contribution >= 4 is 39.9 Å². The first-order valence-electron chi connectivity index (χ1n) is 11.1. The van der Waals surface area contributed by atoms with Gasteiger partial charge >= 0.3 is 0 Å². The minimum absolute atomic E-state index is 0.0507. The topological polar surface area (TPSA) is 88.9 Å². The molecule has 0 bridgehead atoms. The highest BCUT2D eigenvalue weighted by Gasteiger charge is 2.19. The lowest BCUT2D eigenvalue weighted by Gasteiger charge is -2.12. The average Bonchev–Trinajstić information content (AvgIpc) is 3.31. The smallest absolute Gasteiger partial charge is 0.188 e. The molecule has 1 aliphatic heterocycles. The third-order valence-electron chi connectivity index (χ3n) is 5.54. The van der Waals surface area contributed by atoms with E-state index in [4.69, 9.17) is 21.1 Å². The highest BCUT2D eigenvalue weighted by molar-refractivity contribution is 6.31. The molecule has 0 amide bonds. The molecular formula is C26H22ClFN4O3. The molecule has 7 nitrogen and oxygen atoms in total. The van der Waals surface area contributed by atoms with Crippen molar-refractivity contribution in [2.45, 2.75) is 19.1 Å². The fourth-order valence-electron chi connectivity index (χ4n) is 3.75. The molecule has 0 fully saturated rings. The lowest BCUT2D eigenvalue weighted by atomic mass is 10.1. The molecule has 0 saturated heterocycles. The van der Waals surface area contributed by atoms with Crippen LogP contribution in [0.1, 0.15) is 11.1 Å². The lowest BCUT2D eigenvalue weighted by Crippen LogP contribution is -2.18. The van der Waals surface area contributed by atoms with Gasteiger partial charge in [-0.1, -0.05) is 29.8 Å². The number of halogens is 2. The van der Waals surface area contributed by atoms with Crippen molar-refractivity contribution in [3.63, 3.8) is 0 Å². The monoisotopic (exact) mass is 492 g/mol. The van der Waals surface area contributed by atoms with Gasteiger partial charge in [0.2, 0.25) is 0 Å². The van der Waals surface area contributed by atoms with Crippen LogP contribution in [-0.4, -0.2) is 40.2 Å². The summed E-state index contributed by atoms with van der Waals surface area (Å²) in [6.45, 7) is 0.635. The number of aliphatic imine (C=N–C) groups is 1. The zero-order chi connectivity index (χ0) is 24.2. The Morgan fingerprint density at radius 1 is 1.11 bits per heavy atom. The third kappa shape index (κ3) is 5.50. The predicted octanol–water partition coefficient (Wildman–Crippen LogP) is 5.08. The van der Waals surface area contributed by atoms with Gasteiger partial charge in [0.05, 0.1) is 18.7 Å². The molecule has 0 spiro atoms.